The Balaban J connectivity index is 2.08. The maximum atomic E-state index is 13.2. The van der Waals surface area contributed by atoms with E-state index in [0.717, 1.165) is 17.6 Å². The molecule has 2 heterocycles. The average Bonchev–Trinajstić information content (AvgIpc) is 2.99. The predicted molar refractivity (Wildman–Crippen MR) is 91.5 cm³/mol. The highest BCUT2D eigenvalue weighted by atomic mass is 32.2. The summed E-state index contributed by atoms with van der Waals surface area (Å²) in [5, 5.41) is -0.201. The highest BCUT2D eigenvalue weighted by Crippen LogP contribution is 2.41. The number of carbonyl (C=O) groups is 1. The van der Waals surface area contributed by atoms with Crippen LogP contribution in [-0.4, -0.2) is 26.2 Å². The number of cyclic esters (lactones) is 1. The fourth-order valence-electron chi connectivity index (χ4n) is 2.60. The molecule has 0 aliphatic carbocycles. The molecule has 2 aromatic rings. The van der Waals surface area contributed by atoms with Gasteiger partial charge in [0.15, 0.2) is 20.0 Å². The van der Waals surface area contributed by atoms with E-state index in [1.165, 1.54) is 24.3 Å². The van der Waals surface area contributed by atoms with Gasteiger partial charge in [-0.2, -0.15) is 4.39 Å². The van der Waals surface area contributed by atoms with E-state index in [1.807, 2.05) is 0 Å². The molecule has 0 amide bonds. The molecule has 1 aromatic carbocycles. The van der Waals surface area contributed by atoms with Crippen molar-refractivity contribution in [3.63, 3.8) is 0 Å². The molecule has 3 rings (SSSR count). The third kappa shape index (κ3) is 3.45. The highest BCUT2D eigenvalue weighted by Gasteiger charge is 2.43. The lowest BCUT2D eigenvalue weighted by Gasteiger charge is -2.21. The van der Waals surface area contributed by atoms with Crippen molar-refractivity contribution in [1.29, 1.82) is 0 Å². The second-order valence-corrected chi connectivity index (χ2v) is 9.07. The number of carbonyl (C=O) groups excluding carboxylic acids is 1. The van der Waals surface area contributed by atoms with Gasteiger partial charge in [0, 0.05) is 6.26 Å². The molecule has 132 valence electrons. The Morgan fingerprint density at radius 2 is 1.76 bits per heavy atom. The van der Waals surface area contributed by atoms with Crippen molar-refractivity contribution in [2.24, 2.45) is 0 Å². The summed E-state index contributed by atoms with van der Waals surface area (Å²) in [6.07, 6.45) is 1.12. The van der Waals surface area contributed by atoms with Crippen LogP contribution < -0.4 is 4.74 Å². The van der Waals surface area contributed by atoms with Gasteiger partial charge in [-0.15, -0.1) is 0 Å². The quantitative estimate of drug-likeness (QED) is 0.758. The molecule has 0 spiro atoms. The second kappa shape index (κ2) is 5.96. The van der Waals surface area contributed by atoms with Gasteiger partial charge in [0.25, 0.3) is 0 Å². The first-order chi connectivity index (χ1) is 11.6. The molecule has 0 bridgehead atoms. The molecule has 0 saturated heterocycles. The number of hydrogen-bond acceptors (Lipinski definition) is 6. The van der Waals surface area contributed by atoms with Gasteiger partial charge in [0.2, 0.25) is 5.76 Å². The molecule has 0 N–H and O–H groups in total. The molecule has 25 heavy (non-hydrogen) atoms. The molecular weight excluding hydrogens is 367 g/mol. The number of hydrogen-bond donors (Lipinski definition) is 0. The lowest BCUT2D eigenvalue weighted by molar-refractivity contribution is -0.145. The third-order valence-corrected chi connectivity index (χ3v) is 5.56. The minimum absolute atomic E-state index is 0.0287. The van der Waals surface area contributed by atoms with Crippen molar-refractivity contribution < 1.29 is 27.1 Å². The number of thiophene rings is 1. The Morgan fingerprint density at radius 1 is 1.12 bits per heavy atom. The molecule has 8 heteroatoms. The molecule has 0 unspecified atom stereocenters. The predicted octanol–water partition coefficient (Wildman–Crippen LogP) is 3.42. The molecule has 5 nitrogen and oxygen atoms in total. The molecule has 0 saturated carbocycles. The van der Waals surface area contributed by atoms with Gasteiger partial charge >= 0.3 is 5.97 Å². The zero-order chi connectivity index (χ0) is 18.4. The van der Waals surface area contributed by atoms with Crippen molar-refractivity contribution in [3.05, 3.63) is 52.9 Å². The van der Waals surface area contributed by atoms with Gasteiger partial charge < -0.3 is 9.47 Å². The van der Waals surface area contributed by atoms with Crippen LogP contribution in [-0.2, 0) is 19.4 Å². The van der Waals surface area contributed by atoms with E-state index < -0.39 is 26.5 Å². The van der Waals surface area contributed by atoms with E-state index in [9.17, 15) is 17.6 Å². The van der Waals surface area contributed by atoms with Crippen LogP contribution in [0.2, 0.25) is 0 Å². The minimum Gasteiger partial charge on any atom is -0.449 e. The summed E-state index contributed by atoms with van der Waals surface area (Å²) in [6.45, 7) is 3.41. The first kappa shape index (κ1) is 17.6. The Kier molecular flexibility index (Phi) is 4.20. The molecule has 0 fully saturated rings. The number of rotatable bonds is 4. The van der Waals surface area contributed by atoms with Gasteiger partial charge in [-0.05, 0) is 43.7 Å². The van der Waals surface area contributed by atoms with Crippen LogP contribution in [0, 0.1) is 5.13 Å². The van der Waals surface area contributed by atoms with Crippen molar-refractivity contribution in [2.45, 2.75) is 24.3 Å². The highest BCUT2D eigenvalue weighted by molar-refractivity contribution is 7.90. The minimum atomic E-state index is -3.33. The molecule has 0 atom stereocenters. The monoisotopic (exact) mass is 382 g/mol. The van der Waals surface area contributed by atoms with Crippen LogP contribution >= 0.6 is 11.3 Å². The van der Waals surface area contributed by atoms with Crippen LogP contribution in [0.5, 0.6) is 5.06 Å². The van der Waals surface area contributed by atoms with Crippen LogP contribution in [0.25, 0.3) is 5.57 Å². The summed E-state index contributed by atoms with van der Waals surface area (Å²) in [5.41, 5.74) is 0.107. The summed E-state index contributed by atoms with van der Waals surface area (Å²) in [5.74, 6) is -0.681. The number of ether oxygens (including phenoxy) is 2. The number of halogens is 1. The molecule has 1 aromatic heterocycles. The first-order valence-corrected chi connectivity index (χ1v) is 10.0. The van der Waals surface area contributed by atoms with E-state index in [2.05, 4.69) is 0 Å². The molecular formula is C17H15FO5S2. The SMILES string of the molecule is CC1(C)OC(=O)C(Oc2ccc(F)s2)=C1c1ccc(S(C)(=O)=O)cc1. The normalized spacial score (nSPS) is 16.9. The Labute approximate surface area is 148 Å². The van der Waals surface area contributed by atoms with E-state index in [1.54, 1.807) is 26.0 Å². The Morgan fingerprint density at radius 3 is 2.28 bits per heavy atom. The zero-order valence-corrected chi connectivity index (χ0v) is 15.3. The summed E-state index contributed by atoms with van der Waals surface area (Å²) >= 11 is 0.770. The topological polar surface area (TPSA) is 69.7 Å². The van der Waals surface area contributed by atoms with Crippen molar-refractivity contribution in [1.82, 2.24) is 0 Å². The van der Waals surface area contributed by atoms with Gasteiger partial charge in [0.1, 0.15) is 5.60 Å². The standard InChI is InChI=1S/C17H15FO5S2/c1-17(2)14(10-4-6-11(7-5-10)25(3,20)21)15(16(19)23-17)22-13-9-8-12(18)24-13/h4-9H,1-3H3. The van der Waals surface area contributed by atoms with Crippen LogP contribution in [0.3, 0.4) is 0 Å². The maximum Gasteiger partial charge on any atom is 0.375 e. The van der Waals surface area contributed by atoms with E-state index in [4.69, 9.17) is 9.47 Å². The lowest BCUT2D eigenvalue weighted by atomic mass is 9.92. The zero-order valence-electron chi connectivity index (χ0n) is 13.7. The van der Waals surface area contributed by atoms with Gasteiger partial charge in [-0.1, -0.05) is 23.5 Å². The molecule has 1 aliphatic heterocycles. The average molecular weight is 382 g/mol. The summed E-state index contributed by atoms with van der Waals surface area (Å²) in [7, 11) is -3.33. The van der Waals surface area contributed by atoms with E-state index in [0.29, 0.717) is 11.1 Å². The summed E-state index contributed by atoms with van der Waals surface area (Å²) in [4.78, 5) is 12.4. The third-order valence-electron chi connectivity index (χ3n) is 3.68. The summed E-state index contributed by atoms with van der Waals surface area (Å²) < 4.78 is 47.3. The molecule has 0 radical (unpaired) electrons. The van der Waals surface area contributed by atoms with Gasteiger partial charge in [-0.25, -0.2) is 13.2 Å². The first-order valence-electron chi connectivity index (χ1n) is 7.30. The largest absolute Gasteiger partial charge is 0.449 e. The fraction of sp³-hybridized carbons (Fsp3) is 0.235. The molecule has 1 aliphatic rings. The maximum absolute atomic E-state index is 13.2. The van der Waals surface area contributed by atoms with Gasteiger partial charge in [-0.3, -0.25) is 0 Å². The smallest absolute Gasteiger partial charge is 0.375 e. The van der Waals surface area contributed by atoms with E-state index in [-0.39, 0.29) is 15.7 Å². The van der Waals surface area contributed by atoms with Gasteiger partial charge in [0.05, 0.1) is 10.5 Å². The lowest BCUT2D eigenvalue weighted by Crippen LogP contribution is -2.22. The van der Waals surface area contributed by atoms with Crippen molar-refractivity contribution >= 4 is 32.7 Å². The van der Waals surface area contributed by atoms with Crippen LogP contribution in [0.1, 0.15) is 19.4 Å². The van der Waals surface area contributed by atoms with Crippen molar-refractivity contribution in [2.75, 3.05) is 6.26 Å². The second-order valence-electron chi connectivity index (χ2n) is 6.06. The Bertz CT molecular complexity index is 969. The number of sulfone groups is 1. The summed E-state index contributed by atoms with van der Waals surface area (Å²) in [6, 6.07) is 8.77. The van der Waals surface area contributed by atoms with Crippen LogP contribution in [0.4, 0.5) is 4.39 Å². The number of benzene rings is 1. The number of esters is 1. The van der Waals surface area contributed by atoms with E-state index >= 15 is 0 Å². The Hall–Kier alpha value is -2.19. The van der Waals surface area contributed by atoms with Crippen molar-refractivity contribution in [3.8, 4) is 5.06 Å². The fourth-order valence-corrected chi connectivity index (χ4v) is 3.82. The van der Waals surface area contributed by atoms with Crippen LogP contribution in [0.15, 0.2) is 47.1 Å².